The molecule has 0 aliphatic carbocycles. The van der Waals surface area contributed by atoms with E-state index in [9.17, 15) is 4.79 Å². The molecule has 1 aliphatic heterocycles. The SMILES string of the molecule is CCN(CC)C(C(N)=O)c1ccc2c(c1)OCCO2. The minimum absolute atomic E-state index is 0.347. The van der Waals surface area contributed by atoms with Gasteiger partial charge in [-0.1, -0.05) is 19.9 Å². The van der Waals surface area contributed by atoms with Crippen LogP contribution in [0.15, 0.2) is 18.2 Å². The van der Waals surface area contributed by atoms with E-state index in [1.54, 1.807) is 0 Å². The van der Waals surface area contributed by atoms with Crippen LogP contribution in [0.1, 0.15) is 25.5 Å². The summed E-state index contributed by atoms with van der Waals surface area (Å²) in [5, 5.41) is 0. The minimum Gasteiger partial charge on any atom is -0.486 e. The van der Waals surface area contributed by atoms with Crippen molar-refractivity contribution in [3.63, 3.8) is 0 Å². The number of fused-ring (bicyclic) bond motifs is 1. The molecule has 0 aromatic heterocycles. The third-order valence-electron chi connectivity index (χ3n) is 3.33. The number of hydrogen-bond donors (Lipinski definition) is 1. The van der Waals surface area contributed by atoms with Crippen LogP contribution < -0.4 is 15.2 Å². The Kier molecular flexibility index (Phi) is 4.27. The first-order chi connectivity index (χ1) is 9.17. The summed E-state index contributed by atoms with van der Waals surface area (Å²) < 4.78 is 11.0. The summed E-state index contributed by atoms with van der Waals surface area (Å²) in [7, 11) is 0. The van der Waals surface area contributed by atoms with Crippen LogP contribution in [-0.4, -0.2) is 37.1 Å². The molecule has 1 aromatic carbocycles. The highest BCUT2D eigenvalue weighted by Crippen LogP contribution is 2.33. The van der Waals surface area contributed by atoms with E-state index in [1.165, 1.54) is 0 Å². The van der Waals surface area contributed by atoms with Gasteiger partial charge in [0.25, 0.3) is 0 Å². The highest BCUT2D eigenvalue weighted by Gasteiger charge is 2.25. The Morgan fingerprint density at radius 1 is 1.26 bits per heavy atom. The Morgan fingerprint density at radius 3 is 2.47 bits per heavy atom. The summed E-state index contributed by atoms with van der Waals surface area (Å²) in [5.41, 5.74) is 6.39. The van der Waals surface area contributed by atoms with Crippen LogP contribution in [0.2, 0.25) is 0 Å². The number of benzene rings is 1. The van der Waals surface area contributed by atoms with E-state index < -0.39 is 6.04 Å². The van der Waals surface area contributed by atoms with Crippen LogP contribution in [0.5, 0.6) is 11.5 Å². The van der Waals surface area contributed by atoms with E-state index in [1.807, 2.05) is 36.9 Å². The molecule has 0 saturated heterocycles. The molecule has 104 valence electrons. The number of amides is 1. The first-order valence-corrected chi connectivity index (χ1v) is 6.60. The van der Waals surface area contributed by atoms with Crippen molar-refractivity contribution < 1.29 is 14.3 Å². The highest BCUT2D eigenvalue weighted by atomic mass is 16.6. The lowest BCUT2D eigenvalue weighted by atomic mass is 10.0. The summed E-state index contributed by atoms with van der Waals surface area (Å²) in [6.45, 7) is 6.64. The average Bonchev–Trinajstić information content (AvgIpc) is 2.43. The van der Waals surface area contributed by atoms with E-state index >= 15 is 0 Å². The smallest absolute Gasteiger partial charge is 0.239 e. The normalized spacial score (nSPS) is 15.3. The fraction of sp³-hybridized carbons (Fsp3) is 0.500. The van der Waals surface area contributed by atoms with Gasteiger partial charge in [0.2, 0.25) is 5.91 Å². The average molecular weight is 264 g/mol. The van der Waals surface area contributed by atoms with Crippen LogP contribution >= 0.6 is 0 Å². The van der Waals surface area contributed by atoms with Gasteiger partial charge >= 0.3 is 0 Å². The van der Waals surface area contributed by atoms with Gasteiger partial charge in [-0.25, -0.2) is 0 Å². The zero-order valence-electron chi connectivity index (χ0n) is 11.4. The predicted molar refractivity (Wildman–Crippen MR) is 72.3 cm³/mol. The van der Waals surface area contributed by atoms with E-state index in [0.29, 0.717) is 19.0 Å². The van der Waals surface area contributed by atoms with Gasteiger partial charge in [-0.15, -0.1) is 0 Å². The summed E-state index contributed by atoms with van der Waals surface area (Å²) in [6, 6.07) is 5.14. The van der Waals surface area contributed by atoms with Crippen LogP contribution in [0.3, 0.4) is 0 Å². The van der Waals surface area contributed by atoms with Crippen molar-refractivity contribution in [2.75, 3.05) is 26.3 Å². The quantitative estimate of drug-likeness (QED) is 0.871. The van der Waals surface area contributed by atoms with Gasteiger partial charge in [0.15, 0.2) is 11.5 Å². The van der Waals surface area contributed by atoms with Gasteiger partial charge in [0, 0.05) is 0 Å². The molecule has 2 rings (SSSR count). The van der Waals surface area contributed by atoms with Crippen LogP contribution in [0.4, 0.5) is 0 Å². The molecule has 0 spiro atoms. The van der Waals surface area contributed by atoms with Gasteiger partial charge in [-0.3, -0.25) is 9.69 Å². The molecule has 1 atom stereocenters. The molecule has 1 aliphatic rings. The van der Waals surface area contributed by atoms with Crippen molar-refractivity contribution in [1.29, 1.82) is 0 Å². The summed E-state index contributed by atoms with van der Waals surface area (Å²) in [6.07, 6.45) is 0. The molecule has 19 heavy (non-hydrogen) atoms. The van der Waals surface area contributed by atoms with Gasteiger partial charge in [-0.2, -0.15) is 0 Å². The van der Waals surface area contributed by atoms with E-state index in [2.05, 4.69) is 0 Å². The topological polar surface area (TPSA) is 64.8 Å². The third kappa shape index (κ3) is 2.81. The Bertz CT molecular complexity index is 458. The van der Waals surface area contributed by atoms with Crippen LogP contribution in [0.25, 0.3) is 0 Å². The van der Waals surface area contributed by atoms with Crippen molar-refractivity contribution in [1.82, 2.24) is 4.90 Å². The molecular formula is C14H20N2O3. The maximum atomic E-state index is 11.7. The van der Waals surface area contributed by atoms with E-state index in [4.69, 9.17) is 15.2 Å². The molecular weight excluding hydrogens is 244 g/mol. The Morgan fingerprint density at radius 2 is 1.89 bits per heavy atom. The zero-order valence-corrected chi connectivity index (χ0v) is 11.4. The molecule has 1 aromatic rings. The Hall–Kier alpha value is -1.75. The van der Waals surface area contributed by atoms with Crippen molar-refractivity contribution in [2.24, 2.45) is 5.73 Å². The molecule has 5 heteroatoms. The molecule has 0 bridgehead atoms. The number of likely N-dealkylation sites (N-methyl/N-ethyl adjacent to an activating group) is 1. The number of carbonyl (C=O) groups is 1. The number of nitrogens with two attached hydrogens (primary N) is 1. The molecule has 1 amide bonds. The van der Waals surface area contributed by atoms with Gasteiger partial charge < -0.3 is 15.2 Å². The standard InChI is InChI=1S/C14H20N2O3/c1-3-16(4-2)13(14(15)17)10-5-6-11-12(9-10)19-8-7-18-11/h5-6,9,13H,3-4,7-8H2,1-2H3,(H2,15,17). The Labute approximate surface area is 113 Å². The van der Waals surface area contributed by atoms with E-state index in [-0.39, 0.29) is 5.91 Å². The number of nitrogens with zero attached hydrogens (tertiary/aromatic N) is 1. The van der Waals surface area contributed by atoms with Crippen LogP contribution in [-0.2, 0) is 4.79 Å². The molecule has 0 fully saturated rings. The largest absolute Gasteiger partial charge is 0.486 e. The second-order valence-corrected chi connectivity index (χ2v) is 4.43. The summed E-state index contributed by atoms with van der Waals surface area (Å²) in [5.74, 6) is 1.06. The van der Waals surface area contributed by atoms with Crippen molar-refractivity contribution in [2.45, 2.75) is 19.9 Å². The van der Waals surface area contributed by atoms with Crippen molar-refractivity contribution in [3.8, 4) is 11.5 Å². The molecule has 1 heterocycles. The number of hydrogen-bond acceptors (Lipinski definition) is 4. The predicted octanol–water partition coefficient (Wildman–Crippen LogP) is 1.33. The Balaban J connectivity index is 2.34. The lowest BCUT2D eigenvalue weighted by molar-refractivity contribution is -0.123. The molecule has 5 nitrogen and oxygen atoms in total. The third-order valence-corrected chi connectivity index (χ3v) is 3.33. The molecule has 2 N–H and O–H groups in total. The maximum Gasteiger partial charge on any atom is 0.239 e. The molecule has 1 unspecified atom stereocenters. The second-order valence-electron chi connectivity index (χ2n) is 4.43. The lowest BCUT2D eigenvalue weighted by Gasteiger charge is -2.28. The molecule has 0 saturated carbocycles. The minimum atomic E-state index is -0.425. The van der Waals surface area contributed by atoms with Gasteiger partial charge in [0.1, 0.15) is 19.3 Å². The first-order valence-electron chi connectivity index (χ1n) is 6.60. The highest BCUT2D eigenvalue weighted by molar-refractivity contribution is 5.81. The first kappa shape index (κ1) is 13.7. The summed E-state index contributed by atoms with van der Waals surface area (Å²) >= 11 is 0. The van der Waals surface area contributed by atoms with Crippen LogP contribution in [0, 0.1) is 0 Å². The number of ether oxygens (including phenoxy) is 2. The second kappa shape index (κ2) is 5.93. The fourth-order valence-electron chi connectivity index (χ4n) is 2.37. The van der Waals surface area contributed by atoms with Gasteiger partial charge in [0.05, 0.1) is 0 Å². The zero-order chi connectivity index (χ0) is 13.8. The van der Waals surface area contributed by atoms with Gasteiger partial charge in [-0.05, 0) is 30.8 Å². The number of carbonyl (C=O) groups excluding carboxylic acids is 1. The number of primary amides is 1. The monoisotopic (exact) mass is 264 g/mol. The lowest BCUT2D eigenvalue weighted by Crippen LogP contribution is -2.37. The maximum absolute atomic E-state index is 11.7. The molecule has 0 radical (unpaired) electrons. The summed E-state index contributed by atoms with van der Waals surface area (Å²) in [4.78, 5) is 13.8. The van der Waals surface area contributed by atoms with Crippen molar-refractivity contribution in [3.05, 3.63) is 23.8 Å². The number of rotatable bonds is 5. The van der Waals surface area contributed by atoms with Crippen molar-refractivity contribution >= 4 is 5.91 Å². The van der Waals surface area contributed by atoms with E-state index in [0.717, 1.165) is 24.4 Å². The fourth-order valence-corrected chi connectivity index (χ4v) is 2.37.